The molecule has 8 aromatic carbocycles. The van der Waals surface area contributed by atoms with Gasteiger partial charge in [-0.2, -0.15) is 0 Å². The summed E-state index contributed by atoms with van der Waals surface area (Å²) in [4.78, 5) is 5.46. The normalized spacial score (nSPS) is 15.6. The van der Waals surface area contributed by atoms with Crippen LogP contribution in [0.25, 0.3) is 53.6 Å². The van der Waals surface area contributed by atoms with Crippen molar-refractivity contribution in [1.29, 1.82) is 0 Å². The quantitative estimate of drug-likeness (QED) is 0.165. The first-order valence-electron chi connectivity index (χ1n) is 21.5. The minimum Gasteiger partial charge on any atom is -0.376 e. The lowest BCUT2D eigenvalue weighted by Crippen LogP contribution is -2.63. The number of benzene rings is 8. The first-order valence-corrected chi connectivity index (χ1v) is 22.4. The summed E-state index contributed by atoms with van der Waals surface area (Å²) in [6, 6.07) is 60.5. The van der Waals surface area contributed by atoms with Crippen LogP contribution >= 0.6 is 11.3 Å². The molecule has 284 valence electrons. The van der Waals surface area contributed by atoms with E-state index in [-0.39, 0.29) is 17.7 Å². The summed E-state index contributed by atoms with van der Waals surface area (Å²) in [7, 11) is 0.974. The second-order valence-corrected chi connectivity index (χ2v) is 19.4. The van der Waals surface area contributed by atoms with Crippen LogP contribution in [0.2, 0.25) is 6.82 Å². The van der Waals surface area contributed by atoms with Crippen molar-refractivity contribution in [2.75, 3.05) is 9.71 Å². The van der Waals surface area contributed by atoms with E-state index in [0.29, 0.717) is 0 Å². The van der Waals surface area contributed by atoms with Crippen molar-refractivity contribution >= 4 is 90.5 Å². The Bertz CT molecular complexity index is 3340. The van der Waals surface area contributed by atoms with Crippen molar-refractivity contribution in [1.82, 2.24) is 0 Å². The van der Waals surface area contributed by atoms with Crippen LogP contribution in [0, 0.1) is 0 Å². The lowest BCUT2D eigenvalue weighted by molar-refractivity contribution is 0.633. The lowest BCUT2D eigenvalue weighted by atomic mass is 9.41. The summed E-state index contributed by atoms with van der Waals surface area (Å²) in [5, 5.41) is 2.66. The van der Waals surface area contributed by atoms with Crippen LogP contribution in [-0.2, 0) is 10.8 Å². The van der Waals surface area contributed by atoms with E-state index < -0.39 is 0 Å². The molecule has 5 heteroatoms. The van der Waals surface area contributed by atoms with Gasteiger partial charge in [0.1, 0.15) is 0 Å². The van der Waals surface area contributed by atoms with Crippen molar-refractivity contribution in [2.24, 2.45) is 0 Å². The van der Waals surface area contributed by atoms with Crippen LogP contribution in [0.1, 0.15) is 49.9 Å². The molecule has 0 amide bonds. The zero-order valence-corrected chi connectivity index (χ0v) is 35.4. The molecule has 0 saturated carbocycles. The Kier molecular flexibility index (Phi) is 6.87. The molecule has 0 spiro atoms. The van der Waals surface area contributed by atoms with Crippen LogP contribution in [0.3, 0.4) is 0 Å². The monoisotopic (exact) mass is 784 g/mol. The zero-order chi connectivity index (χ0) is 40.2. The van der Waals surface area contributed by atoms with Gasteiger partial charge in [0.15, 0.2) is 7.28 Å². The fraction of sp³-hybridized carbons (Fsp3) is 0.127. The molecule has 1 aromatic heterocycles. The van der Waals surface area contributed by atoms with Crippen LogP contribution in [-0.4, -0.2) is 14.1 Å². The molecule has 4 heterocycles. The van der Waals surface area contributed by atoms with E-state index in [9.17, 15) is 0 Å². The maximum Gasteiger partial charge on any atom is 0.333 e. The smallest absolute Gasteiger partial charge is 0.333 e. The molecule has 0 bridgehead atoms. The van der Waals surface area contributed by atoms with Gasteiger partial charge < -0.3 is 9.71 Å². The molecule has 13 rings (SSSR count). The molecule has 0 radical (unpaired) electrons. The van der Waals surface area contributed by atoms with E-state index in [1.807, 2.05) is 11.3 Å². The number of rotatable bonds is 3. The molecule has 0 fully saturated rings. The zero-order valence-electron chi connectivity index (χ0n) is 34.6. The summed E-state index contributed by atoms with van der Waals surface area (Å²) < 4.78 is 2.64. The Morgan fingerprint density at radius 2 is 1.27 bits per heavy atom. The van der Waals surface area contributed by atoms with Gasteiger partial charge in [-0.15, -0.1) is 11.3 Å². The standard InChI is InChI=1S/C55H42B2N2S/c1-54(2)40-22-12-13-24-44(40)59-52-36(20-15-23-41(52)54)49-50-38(34-18-9-11-21-39(34)55(50,3)4)31-45-51(49)57(59)42-27-29-47-48(35-19-10-14-25-46(35)60-47)53(42)58(45)43-28-26-33(56-5)30-37(43)32-16-7-6-8-17-32/h6-31,56H,1-5H3. The molecule has 0 unspecified atom stereocenters. The van der Waals surface area contributed by atoms with Gasteiger partial charge >= 0.3 is 6.85 Å². The molecule has 60 heavy (non-hydrogen) atoms. The number of hydrogen-bond acceptors (Lipinski definition) is 3. The van der Waals surface area contributed by atoms with E-state index in [2.05, 4.69) is 202 Å². The molecule has 3 aliphatic heterocycles. The fourth-order valence-corrected chi connectivity index (χ4v) is 13.0. The first kappa shape index (κ1) is 34.6. The summed E-state index contributed by atoms with van der Waals surface area (Å²) in [6.45, 7) is 12.0. The van der Waals surface area contributed by atoms with Crippen molar-refractivity contribution < 1.29 is 0 Å². The van der Waals surface area contributed by atoms with E-state index in [1.54, 1.807) is 0 Å². The summed E-state index contributed by atoms with van der Waals surface area (Å²) in [5.41, 5.74) is 23.7. The molecule has 0 saturated heterocycles. The number of anilines is 5. The Hall–Kier alpha value is -6.29. The molecule has 4 aliphatic rings. The third kappa shape index (κ3) is 4.26. The predicted molar refractivity (Wildman–Crippen MR) is 261 cm³/mol. The number of fused-ring (bicyclic) bond motifs is 14. The number of thiophene rings is 1. The van der Waals surface area contributed by atoms with E-state index in [1.165, 1.54) is 121 Å². The molecular formula is C55H42B2N2S. The highest BCUT2D eigenvalue weighted by atomic mass is 32.1. The van der Waals surface area contributed by atoms with Crippen molar-refractivity contribution in [3.63, 3.8) is 0 Å². The molecular weight excluding hydrogens is 742 g/mol. The van der Waals surface area contributed by atoms with Crippen LogP contribution in [0.5, 0.6) is 0 Å². The average molecular weight is 785 g/mol. The van der Waals surface area contributed by atoms with E-state index >= 15 is 0 Å². The maximum absolute atomic E-state index is 2.76. The second-order valence-electron chi connectivity index (χ2n) is 18.3. The highest BCUT2D eigenvalue weighted by molar-refractivity contribution is 7.26. The minimum atomic E-state index is -0.204. The summed E-state index contributed by atoms with van der Waals surface area (Å²) in [5.74, 6) is 0. The molecule has 0 atom stereocenters. The predicted octanol–water partition coefficient (Wildman–Crippen LogP) is 12.5. The van der Waals surface area contributed by atoms with Crippen molar-refractivity contribution in [3.8, 4) is 33.4 Å². The van der Waals surface area contributed by atoms with Crippen molar-refractivity contribution in [3.05, 3.63) is 180 Å². The number of nitrogens with zero attached hydrogens (tertiary/aromatic N) is 2. The largest absolute Gasteiger partial charge is 0.376 e. The van der Waals surface area contributed by atoms with Gasteiger partial charge in [-0.05, 0) is 85.8 Å². The molecule has 0 N–H and O–H groups in total. The van der Waals surface area contributed by atoms with Gasteiger partial charge in [0.05, 0.1) is 11.4 Å². The fourth-order valence-electron chi connectivity index (χ4n) is 11.9. The second kappa shape index (κ2) is 11.9. The van der Waals surface area contributed by atoms with Gasteiger partial charge in [0.25, 0.3) is 0 Å². The topological polar surface area (TPSA) is 6.48 Å². The Morgan fingerprint density at radius 3 is 2.12 bits per heavy atom. The summed E-state index contributed by atoms with van der Waals surface area (Å²) in [6.07, 6.45) is 0. The molecule has 1 aliphatic carbocycles. The number of para-hydroxylation sites is 2. The van der Waals surface area contributed by atoms with Gasteiger partial charge in [0, 0.05) is 59.2 Å². The first-order chi connectivity index (χ1) is 29.3. The summed E-state index contributed by atoms with van der Waals surface area (Å²) >= 11 is 1.91. The third-order valence-electron chi connectivity index (χ3n) is 14.6. The molecule has 9 aromatic rings. The van der Waals surface area contributed by atoms with E-state index in [0.717, 1.165) is 7.28 Å². The van der Waals surface area contributed by atoms with Crippen LogP contribution in [0.4, 0.5) is 28.4 Å². The van der Waals surface area contributed by atoms with Gasteiger partial charge in [-0.25, -0.2) is 0 Å². The maximum atomic E-state index is 2.76. The average Bonchev–Trinajstić information content (AvgIpc) is 3.78. The third-order valence-corrected chi connectivity index (χ3v) is 15.7. The Morgan fingerprint density at radius 1 is 0.533 bits per heavy atom. The lowest BCUT2D eigenvalue weighted by Gasteiger charge is -2.52. The molecule has 2 nitrogen and oxygen atoms in total. The Balaban J connectivity index is 1.27. The van der Waals surface area contributed by atoms with Crippen LogP contribution < -0.4 is 26.1 Å². The van der Waals surface area contributed by atoms with Gasteiger partial charge in [-0.3, -0.25) is 0 Å². The number of hydrogen-bond donors (Lipinski definition) is 0. The highest BCUT2D eigenvalue weighted by Gasteiger charge is 2.53. The van der Waals surface area contributed by atoms with E-state index in [4.69, 9.17) is 0 Å². The van der Waals surface area contributed by atoms with Gasteiger partial charge in [-0.1, -0.05) is 167 Å². The van der Waals surface area contributed by atoms with Crippen molar-refractivity contribution in [2.45, 2.75) is 45.3 Å². The van der Waals surface area contributed by atoms with Gasteiger partial charge in [0.2, 0.25) is 0 Å². The SMILES string of the molecule is CBc1ccc(N2c3cc4c(c5c3B(c3ccc6sc7ccccc7c6c32)N2c3ccccc3C(C)(C)c3cccc-5c32)C(C)(C)c2ccccc2-4)c(-c2ccccc2)c1. The highest BCUT2D eigenvalue weighted by Crippen LogP contribution is 2.61. The minimum absolute atomic E-state index is 0.0601. The Labute approximate surface area is 357 Å². The van der Waals surface area contributed by atoms with Crippen LogP contribution in [0.15, 0.2) is 158 Å².